The van der Waals surface area contributed by atoms with Crippen molar-refractivity contribution in [3.63, 3.8) is 0 Å². The highest BCUT2D eigenvalue weighted by atomic mass is 16.2. The van der Waals surface area contributed by atoms with Gasteiger partial charge in [0, 0.05) is 6.04 Å². The van der Waals surface area contributed by atoms with Crippen molar-refractivity contribution in [2.45, 2.75) is 45.1 Å². The second kappa shape index (κ2) is 4.30. The molecule has 0 aromatic carbocycles. The average Bonchev–Trinajstić information content (AvgIpc) is 2.64. The Kier molecular flexibility index (Phi) is 3.06. The highest BCUT2D eigenvalue weighted by Crippen LogP contribution is 2.31. The van der Waals surface area contributed by atoms with Crippen molar-refractivity contribution in [1.29, 1.82) is 0 Å². The molecule has 0 radical (unpaired) electrons. The lowest BCUT2D eigenvalue weighted by molar-refractivity contribution is -0.130. The van der Waals surface area contributed by atoms with Crippen LogP contribution in [0.15, 0.2) is 0 Å². The molecule has 1 aliphatic heterocycles. The maximum absolute atomic E-state index is 11.6. The first-order valence-corrected chi connectivity index (χ1v) is 5.83. The van der Waals surface area contributed by atoms with Crippen molar-refractivity contribution >= 4 is 5.91 Å². The Bertz CT molecular complexity index is 217. The fourth-order valence-corrected chi connectivity index (χ4v) is 2.85. The van der Waals surface area contributed by atoms with Gasteiger partial charge in [-0.2, -0.15) is 0 Å². The number of hydrogen-bond acceptors (Lipinski definition) is 2. The van der Waals surface area contributed by atoms with E-state index < -0.39 is 0 Å². The first kappa shape index (κ1) is 9.97. The zero-order valence-electron chi connectivity index (χ0n) is 8.96. The summed E-state index contributed by atoms with van der Waals surface area (Å²) in [6.45, 7) is 3.57. The van der Waals surface area contributed by atoms with Crippen LogP contribution in [-0.2, 0) is 4.79 Å². The number of rotatable bonds is 2. The Morgan fingerprint density at radius 3 is 2.86 bits per heavy atom. The lowest BCUT2D eigenvalue weighted by atomic mass is 9.82. The van der Waals surface area contributed by atoms with Gasteiger partial charge in [0.2, 0.25) is 5.91 Å². The molecule has 1 saturated heterocycles. The summed E-state index contributed by atoms with van der Waals surface area (Å²) in [6, 6.07) is 0.524. The highest BCUT2D eigenvalue weighted by molar-refractivity contribution is 5.80. The lowest BCUT2D eigenvalue weighted by Gasteiger charge is -2.37. The molecule has 0 bridgehead atoms. The van der Waals surface area contributed by atoms with E-state index in [-0.39, 0.29) is 0 Å². The van der Waals surface area contributed by atoms with Crippen LogP contribution < -0.4 is 5.32 Å². The molecule has 2 rings (SSSR count). The summed E-state index contributed by atoms with van der Waals surface area (Å²) in [4.78, 5) is 13.7. The van der Waals surface area contributed by atoms with E-state index in [2.05, 4.69) is 17.1 Å². The fourth-order valence-electron chi connectivity index (χ4n) is 2.85. The summed E-state index contributed by atoms with van der Waals surface area (Å²) in [6.07, 6.45) is 6.39. The second-order valence-electron chi connectivity index (χ2n) is 4.47. The molecule has 80 valence electrons. The number of hydrogen-bond donors (Lipinski definition) is 1. The number of nitrogens with zero attached hydrogens (tertiary/aromatic N) is 1. The summed E-state index contributed by atoms with van der Waals surface area (Å²) in [5.41, 5.74) is 0. The Hall–Kier alpha value is -0.570. The monoisotopic (exact) mass is 196 g/mol. The molecular formula is C11H20N2O. The third kappa shape index (κ3) is 1.78. The summed E-state index contributed by atoms with van der Waals surface area (Å²) < 4.78 is 0. The number of nitrogens with one attached hydrogen (secondary N) is 1. The molecule has 2 atom stereocenters. The van der Waals surface area contributed by atoms with Crippen molar-refractivity contribution in [3.8, 4) is 0 Å². The molecule has 2 aliphatic rings. The van der Waals surface area contributed by atoms with E-state index >= 15 is 0 Å². The van der Waals surface area contributed by atoms with Crippen LogP contribution in [-0.4, -0.2) is 30.1 Å². The van der Waals surface area contributed by atoms with Gasteiger partial charge in [-0.25, -0.2) is 0 Å². The largest absolute Gasteiger partial charge is 0.326 e. The summed E-state index contributed by atoms with van der Waals surface area (Å²) >= 11 is 0. The Balaban J connectivity index is 2.02. The minimum absolute atomic E-state index is 0.301. The third-order valence-electron chi connectivity index (χ3n) is 3.67. The van der Waals surface area contributed by atoms with Crippen LogP contribution >= 0.6 is 0 Å². The molecular weight excluding hydrogens is 176 g/mol. The van der Waals surface area contributed by atoms with E-state index in [0.29, 0.717) is 18.5 Å². The van der Waals surface area contributed by atoms with Crippen molar-refractivity contribution in [2.24, 2.45) is 5.92 Å². The van der Waals surface area contributed by atoms with Crippen LogP contribution in [0, 0.1) is 5.92 Å². The molecule has 0 aromatic rings. The molecule has 1 saturated carbocycles. The summed E-state index contributed by atoms with van der Waals surface area (Å²) in [5.74, 6) is 1.04. The van der Waals surface area contributed by atoms with E-state index in [4.69, 9.17) is 0 Å². The lowest BCUT2D eigenvalue weighted by Crippen LogP contribution is -2.43. The van der Waals surface area contributed by atoms with Gasteiger partial charge in [0.25, 0.3) is 0 Å². The van der Waals surface area contributed by atoms with E-state index in [1.807, 2.05) is 0 Å². The third-order valence-corrected chi connectivity index (χ3v) is 3.67. The molecule has 1 amide bonds. The number of carbonyl (C=O) groups excluding carboxylic acids is 1. The van der Waals surface area contributed by atoms with Gasteiger partial charge >= 0.3 is 0 Å². The fraction of sp³-hybridized carbons (Fsp3) is 0.909. The van der Waals surface area contributed by atoms with Gasteiger partial charge in [0.15, 0.2) is 0 Å². The van der Waals surface area contributed by atoms with Crippen LogP contribution in [0.2, 0.25) is 0 Å². The zero-order chi connectivity index (χ0) is 9.97. The second-order valence-corrected chi connectivity index (χ2v) is 4.47. The Morgan fingerprint density at radius 1 is 1.43 bits per heavy atom. The molecule has 14 heavy (non-hydrogen) atoms. The first-order chi connectivity index (χ1) is 6.83. The average molecular weight is 196 g/mol. The molecule has 3 heteroatoms. The topological polar surface area (TPSA) is 32.3 Å². The molecule has 2 unspecified atom stereocenters. The van der Waals surface area contributed by atoms with Crippen LogP contribution in [0.3, 0.4) is 0 Å². The SMILES string of the molecule is CCC1CCCCC1N1CNCC1=O. The first-order valence-electron chi connectivity index (χ1n) is 5.83. The van der Waals surface area contributed by atoms with Crippen LogP contribution in [0.5, 0.6) is 0 Å². The van der Waals surface area contributed by atoms with E-state index in [1.54, 1.807) is 0 Å². The molecule has 1 aliphatic carbocycles. The van der Waals surface area contributed by atoms with Gasteiger partial charge in [-0.05, 0) is 18.8 Å². The Labute approximate surface area is 85.8 Å². The minimum Gasteiger partial charge on any atom is -0.326 e. The van der Waals surface area contributed by atoms with Crippen LogP contribution in [0.4, 0.5) is 0 Å². The number of carbonyl (C=O) groups is 1. The normalized spacial score (nSPS) is 33.8. The smallest absolute Gasteiger partial charge is 0.237 e. The minimum atomic E-state index is 0.301. The van der Waals surface area contributed by atoms with Crippen LogP contribution in [0.25, 0.3) is 0 Å². The highest BCUT2D eigenvalue weighted by Gasteiger charge is 2.33. The predicted molar refractivity (Wildman–Crippen MR) is 55.8 cm³/mol. The van der Waals surface area contributed by atoms with Gasteiger partial charge in [-0.15, -0.1) is 0 Å². The van der Waals surface area contributed by atoms with Gasteiger partial charge in [-0.1, -0.05) is 26.2 Å². The van der Waals surface area contributed by atoms with E-state index in [1.165, 1.54) is 32.1 Å². The standard InChI is InChI=1S/C11H20N2O/c1-2-9-5-3-4-6-10(9)13-8-12-7-11(13)14/h9-10,12H,2-8H2,1H3. The maximum Gasteiger partial charge on any atom is 0.237 e. The Morgan fingerprint density at radius 2 is 2.21 bits per heavy atom. The maximum atomic E-state index is 11.6. The molecule has 1 heterocycles. The van der Waals surface area contributed by atoms with Crippen molar-refractivity contribution in [3.05, 3.63) is 0 Å². The molecule has 0 spiro atoms. The van der Waals surface area contributed by atoms with E-state index in [9.17, 15) is 4.79 Å². The molecule has 2 fully saturated rings. The predicted octanol–water partition coefficient (Wildman–Crippen LogP) is 1.34. The molecule has 1 N–H and O–H groups in total. The quantitative estimate of drug-likeness (QED) is 0.723. The van der Waals surface area contributed by atoms with Gasteiger partial charge in [0.1, 0.15) is 0 Å². The van der Waals surface area contributed by atoms with Gasteiger partial charge in [-0.3, -0.25) is 10.1 Å². The zero-order valence-corrected chi connectivity index (χ0v) is 8.96. The molecule has 0 aromatic heterocycles. The summed E-state index contributed by atoms with van der Waals surface area (Å²) in [5, 5.41) is 3.14. The van der Waals surface area contributed by atoms with Crippen molar-refractivity contribution < 1.29 is 4.79 Å². The van der Waals surface area contributed by atoms with Gasteiger partial charge < -0.3 is 4.90 Å². The van der Waals surface area contributed by atoms with Gasteiger partial charge in [0.05, 0.1) is 13.2 Å². The summed E-state index contributed by atoms with van der Waals surface area (Å²) in [7, 11) is 0. The van der Waals surface area contributed by atoms with E-state index in [0.717, 1.165) is 12.6 Å². The number of amides is 1. The molecule has 3 nitrogen and oxygen atoms in total. The van der Waals surface area contributed by atoms with Crippen molar-refractivity contribution in [1.82, 2.24) is 10.2 Å². The van der Waals surface area contributed by atoms with Crippen LogP contribution in [0.1, 0.15) is 39.0 Å². The van der Waals surface area contributed by atoms with Crippen molar-refractivity contribution in [2.75, 3.05) is 13.2 Å².